The summed E-state index contributed by atoms with van der Waals surface area (Å²) < 4.78 is 5.20. The van der Waals surface area contributed by atoms with E-state index in [1.54, 1.807) is 6.92 Å². The lowest BCUT2D eigenvalue weighted by molar-refractivity contribution is 0.485. The molecule has 0 fully saturated rings. The summed E-state index contributed by atoms with van der Waals surface area (Å²) in [6.45, 7) is 3.58. The van der Waals surface area contributed by atoms with E-state index in [4.69, 9.17) is 4.42 Å². The second-order valence-electron chi connectivity index (χ2n) is 3.26. The second kappa shape index (κ2) is 5.09. The van der Waals surface area contributed by atoms with Crippen molar-refractivity contribution in [3.63, 3.8) is 0 Å². The Balaban J connectivity index is 2.04. The zero-order chi connectivity index (χ0) is 12.3. The van der Waals surface area contributed by atoms with Crippen LogP contribution in [-0.2, 0) is 12.2 Å². The fourth-order valence-electron chi connectivity index (χ4n) is 1.17. The molecule has 0 bridgehead atoms. The molecule has 0 aliphatic rings. The average molecular weight is 253 g/mol. The number of hydrogen-bond donors (Lipinski definition) is 1. The van der Waals surface area contributed by atoms with Gasteiger partial charge in [-0.05, 0) is 6.42 Å². The van der Waals surface area contributed by atoms with Crippen LogP contribution in [0.25, 0.3) is 0 Å². The number of aromatic amines is 1. The highest BCUT2D eigenvalue weighted by molar-refractivity contribution is 7.98. The van der Waals surface area contributed by atoms with Crippen LogP contribution >= 0.6 is 11.8 Å². The highest BCUT2D eigenvalue weighted by Crippen LogP contribution is 2.16. The van der Waals surface area contributed by atoms with E-state index in [1.165, 1.54) is 11.8 Å². The van der Waals surface area contributed by atoms with Crippen molar-refractivity contribution in [2.45, 2.75) is 31.2 Å². The third-order valence-electron chi connectivity index (χ3n) is 1.98. The van der Waals surface area contributed by atoms with Crippen LogP contribution in [0.2, 0.25) is 0 Å². The van der Waals surface area contributed by atoms with E-state index in [1.807, 2.05) is 6.92 Å². The van der Waals surface area contributed by atoms with Gasteiger partial charge in [0, 0.05) is 6.92 Å². The number of thioether (sulfide) groups is 1. The summed E-state index contributed by atoms with van der Waals surface area (Å²) in [4.78, 5) is 14.1. The Morgan fingerprint density at radius 3 is 2.71 bits per heavy atom. The Morgan fingerprint density at radius 1 is 1.29 bits per heavy atom. The van der Waals surface area contributed by atoms with Crippen molar-refractivity contribution < 1.29 is 4.42 Å². The van der Waals surface area contributed by atoms with Gasteiger partial charge in [-0.15, -0.1) is 20.4 Å². The standard InChI is InChI=1S/C9H11N5O2S/c1-3-6-8(15)10-9(14-12-6)17-4-7-13-11-5(2)16-7/h3-4H2,1-2H3,(H,10,14,15). The molecule has 0 aliphatic heterocycles. The molecule has 1 N–H and O–H groups in total. The Kier molecular flexibility index (Phi) is 3.52. The van der Waals surface area contributed by atoms with Gasteiger partial charge >= 0.3 is 0 Å². The van der Waals surface area contributed by atoms with Gasteiger partial charge in [0.15, 0.2) is 5.16 Å². The van der Waals surface area contributed by atoms with Gasteiger partial charge in [-0.1, -0.05) is 18.7 Å². The summed E-state index contributed by atoms with van der Waals surface area (Å²) >= 11 is 1.29. The first-order chi connectivity index (χ1) is 8.19. The van der Waals surface area contributed by atoms with E-state index in [2.05, 4.69) is 25.4 Å². The molecule has 0 atom stereocenters. The van der Waals surface area contributed by atoms with Crippen LogP contribution in [0.3, 0.4) is 0 Å². The first-order valence-electron chi connectivity index (χ1n) is 5.06. The van der Waals surface area contributed by atoms with Crippen molar-refractivity contribution in [3.8, 4) is 0 Å². The zero-order valence-electron chi connectivity index (χ0n) is 9.43. The van der Waals surface area contributed by atoms with Gasteiger partial charge in [-0.3, -0.25) is 9.78 Å². The second-order valence-corrected chi connectivity index (χ2v) is 4.23. The van der Waals surface area contributed by atoms with E-state index in [-0.39, 0.29) is 5.56 Å². The van der Waals surface area contributed by atoms with Gasteiger partial charge in [0.2, 0.25) is 11.8 Å². The maximum atomic E-state index is 11.5. The summed E-state index contributed by atoms with van der Waals surface area (Å²) in [5, 5.41) is 15.7. The van der Waals surface area contributed by atoms with Crippen molar-refractivity contribution in [3.05, 3.63) is 27.8 Å². The van der Waals surface area contributed by atoms with E-state index in [9.17, 15) is 4.79 Å². The van der Waals surface area contributed by atoms with Crippen molar-refractivity contribution >= 4 is 11.8 Å². The fourth-order valence-corrected chi connectivity index (χ4v) is 1.81. The summed E-state index contributed by atoms with van der Waals surface area (Å²) in [5.74, 6) is 1.47. The lowest BCUT2D eigenvalue weighted by Crippen LogP contribution is -2.16. The minimum Gasteiger partial charge on any atom is -0.425 e. The van der Waals surface area contributed by atoms with E-state index in [0.717, 1.165) is 0 Å². The summed E-state index contributed by atoms with van der Waals surface area (Å²) in [7, 11) is 0. The third kappa shape index (κ3) is 2.90. The van der Waals surface area contributed by atoms with E-state index in [0.29, 0.717) is 34.8 Å². The Hall–Kier alpha value is -1.70. The van der Waals surface area contributed by atoms with Gasteiger partial charge in [0.25, 0.3) is 5.56 Å². The van der Waals surface area contributed by atoms with E-state index >= 15 is 0 Å². The molecule has 0 saturated carbocycles. The molecule has 2 aromatic heterocycles. The van der Waals surface area contributed by atoms with Gasteiger partial charge in [-0.2, -0.15) is 0 Å². The number of rotatable bonds is 4. The number of aryl methyl sites for hydroxylation is 2. The molecule has 2 rings (SSSR count). The zero-order valence-corrected chi connectivity index (χ0v) is 10.2. The largest absolute Gasteiger partial charge is 0.425 e. The first-order valence-corrected chi connectivity index (χ1v) is 6.05. The Labute approximate surface area is 101 Å². The number of nitrogens with zero attached hydrogens (tertiary/aromatic N) is 4. The third-order valence-corrected chi connectivity index (χ3v) is 2.83. The summed E-state index contributed by atoms with van der Waals surface area (Å²) in [5.41, 5.74) is 0.231. The molecule has 2 heterocycles. The minimum absolute atomic E-state index is 0.202. The highest BCUT2D eigenvalue weighted by Gasteiger charge is 2.06. The summed E-state index contributed by atoms with van der Waals surface area (Å²) in [6.07, 6.45) is 0.566. The molecule has 0 unspecified atom stereocenters. The Morgan fingerprint density at radius 2 is 2.12 bits per heavy atom. The van der Waals surface area contributed by atoms with Crippen LogP contribution in [0.4, 0.5) is 0 Å². The minimum atomic E-state index is -0.202. The van der Waals surface area contributed by atoms with Crippen molar-refractivity contribution in [1.82, 2.24) is 25.4 Å². The smallest absolute Gasteiger partial charge is 0.273 e. The normalized spacial score (nSPS) is 10.7. The van der Waals surface area contributed by atoms with Crippen molar-refractivity contribution in [2.75, 3.05) is 0 Å². The number of H-pyrrole nitrogens is 1. The molecule has 8 heteroatoms. The number of aromatic nitrogens is 5. The molecule has 0 saturated heterocycles. The van der Waals surface area contributed by atoms with E-state index < -0.39 is 0 Å². The molecule has 0 aliphatic carbocycles. The lowest BCUT2D eigenvalue weighted by atomic mass is 10.4. The Bertz CT molecular complexity index is 565. The molecule has 2 aromatic rings. The monoisotopic (exact) mass is 253 g/mol. The SMILES string of the molecule is CCc1nnc(SCc2nnc(C)o2)[nH]c1=O. The predicted octanol–water partition coefficient (Wildman–Crippen LogP) is 0.711. The van der Waals surface area contributed by atoms with Gasteiger partial charge in [0.05, 0.1) is 5.75 Å². The summed E-state index contributed by atoms with van der Waals surface area (Å²) in [6, 6.07) is 0. The molecule has 0 spiro atoms. The molecular formula is C9H11N5O2S. The number of nitrogens with one attached hydrogen (secondary N) is 1. The van der Waals surface area contributed by atoms with Crippen LogP contribution in [0.15, 0.2) is 14.4 Å². The van der Waals surface area contributed by atoms with Crippen LogP contribution in [-0.4, -0.2) is 25.4 Å². The van der Waals surface area contributed by atoms with Crippen LogP contribution in [0.5, 0.6) is 0 Å². The van der Waals surface area contributed by atoms with Crippen LogP contribution in [0.1, 0.15) is 24.4 Å². The van der Waals surface area contributed by atoms with Crippen molar-refractivity contribution in [1.29, 1.82) is 0 Å². The molecule has 0 radical (unpaired) electrons. The van der Waals surface area contributed by atoms with Crippen LogP contribution in [0, 0.1) is 6.92 Å². The van der Waals surface area contributed by atoms with Crippen LogP contribution < -0.4 is 5.56 Å². The topological polar surface area (TPSA) is 97.6 Å². The maximum Gasteiger partial charge on any atom is 0.273 e. The van der Waals surface area contributed by atoms with Gasteiger partial charge in [0.1, 0.15) is 5.69 Å². The van der Waals surface area contributed by atoms with Crippen molar-refractivity contribution in [2.24, 2.45) is 0 Å². The first kappa shape index (κ1) is 11.8. The average Bonchev–Trinajstić information content (AvgIpc) is 2.73. The number of hydrogen-bond acceptors (Lipinski definition) is 7. The molecule has 90 valence electrons. The quantitative estimate of drug-likeness (QED) is 0.801. The molecule has 0 aromatic carbocycles. The molecule has 0 amide bonds. The maximum absolute atomic E-state index is 11.5. The molecule has 7 nitrogen and oxygen atoms in total. The highest BCUT2D eigenvalue weighted by atomic mass is 32.2. The van der Waals surface area contributed by atoms with Gasteiger partial charge < -0.3 is 4.42 Å². The molecular weight excluding hydrogens is 242 g/mol. The lowest BCUT2D eigenvalue weighted by Gasteiger charge is -1.97. The van der Waals surface area contributed by atoms with Gasteiger partial charge in [-0.25, -0.2) is 0 Å². The fraction of sp³-hybridized carbons (Fsp3) is 0.444. The molecule has 17 heavy (non-hydrogen) atoms. The predicted molar refractivity (Wildman–Crippen MR) is 60.6 cm³/mol.